The molecule has 0 aliphatic heterocycles. The number of hydrogen-bond acceptors (Lipinski definition) is 2. The SMILES string of the molecule is O=S(=O)=C1C2CC1C2. The van der Waals surface area contributed by atoms with Crippen LogP contribution in [0.25, 0.3) is 0 Å². The number of rotatable bonds is 0. The summed E-state index contributed by atoms with van der Waals surface area (Å²) in [6.45, 7) is 0. The summed E-state index contributed by atoms with van der Waals surface area (Å²) in [5.41, 5.74) is 0. The van der Waals surface area contributed by atoms with Crippen molar-refractivity contribution < 1.29 is 8.42 Å². The molecule has 3 heteroatoms. The summed E-state index contributed by atoms with van der Waals surface area (Å²) < 4.78 is 20.4. The van der Waals surface area contributed by atoms with Gasteiger partial charge in [-0.05, 0) is 24.7 Å². The summed E-state index contributed by atoms with van der Waals surface area (Å²) in [6, 6.07) is 0. The van der Waals surface area contributed by atoms with E-state index < -0.39 is 10.3 Å². The van der Waals surface area contributed by atoms with Gasteiger partial charge >= 0.3 is 0 Å². The Morgan fingerprint density at radius 3 is 1.75 bits per heavy atom. The second kappa shape index (κ2) is 1.16. The van der Waals surface area contributed by atoms with Crippen LogP contribution in [0.4, 0.5) is 0 Å². The molecule has 0 amide bonds. The lowest BCUT2D eigenvalue weighted by Gasteiger charge is -2.49. The van der Waals surface area contributed by atoms with E-state index in [1.807, 2.05) is 0 Å². The first-order valence-electron chi connectivity index (χ1n) is 2.75. The lowest BCUT2D eigenvalue weighted by molar-refractivity contribution is 0.240. The molecule has 0 aromatic carbocycles. The number of hydrogen-bond donors (Lipinski definition) is 0. The maximum Gasteiger partial charge on any atom is 0.213 e. The smallest absolute Gasteiger partial charge is 0.185 e. The van der Waals surface area contributed by atoms with Crippen molar-refractivity contribution in [2.45, 2.75) is 12.8 Å². The van der Waals surface area contributed by atoms with Crippen molar-refractivity contribution in [3.63, 3.8) is 0 Å². The minimum atomic E-state index is -1.84. The van der Waals surface area contributed by atoms with Crippen LogP contribution < -0.4 is 0 Å². The molecule has 0 aromatic rings. The predicted octanol–water partition coefficient (Wildman–Crippen LogP) is 0.0777. The summed E-state index contributed by atoms with van der Waals surface area (Å²) >= 11 is 0. The van der Waals surface area contributed by atoms with E-state index in [1.165, 1.54) is 0 Å². The molecule has 0 N–H and O–H groups in total. The van der Waals surface area contributed by atoms with Gasteiger partial charge in [-0.2, -0.15) is 8.42 Å². The third-order valence-electron chi connectivity index (χ3n) is 2.14. The minimum absolute atomic E-state index is 0.471. The largest absolute Gasteiger partial charge is 0.213 e. The van der Waals surface area contributed by atoms with Gasteiger partial charge in [0.25, 0.3) is 0 Å². The predicted molar refractivity (Wildman–Crippen MR) is 30.1 cm³/mol. The molecule has 2 bridgehead atoms. The van der Waals surface area contributed by atoms with Crippen LogP contribution >= 0.6 is 0 Å². The summed E-state index contributed by atoms with van der Waals surface area (Å²) in [5, 5.41) is 0. The standard InChI is InChI=1S/C5H6O2S/c6-8(7)5-3-1-4(5)2-3/h3-4H,1-2H2. The molecule has 0 radical (unpaired) electrons. The Hall–Kier alpha value is -0.310. The van der Waals surface area contributed by atoms with E-state index >= 15 is 0 Å². The molecule has 3 saturated carbocycles. The first-order chi connectivity index (χ1) is 3.79. The highest BCUT2D eigenvalue weighted by atomic mass is 32.2. The first kappa shape index (κ1) is 4.56. The molecular weight excluding hydrogens is 124 g/mol. The van der Waals surface area contributed by atoms with E-state index in [0.717, 1.165) is 17.7 Å². The van der Waals surface area contributed by atoms with E-state index in [-0.39, 0.29) is 0 Å². The molecule has 0 spiro atoms. The van der Waals surface area contributed by atoms with Crippen LogP contribution in [0.15, 0.2) is 0 Å². The van der Waals surface area contributed by atoms with Gasteiger partial charge in [0.15, 0.2) is 0 Å². The molecule has 8 heavy (non-hydrogen) atoms. The van der Waals surface area contributed by atoms with Crippen molar-refractivity contribution in [3.05, 3.63) is 0 Å². The maximum absolute atomic E-state index is 10.2. The molecule has 0 saturated heterocycles. The Kier molecular flexibility index (Phi) is 0.658. The molecular formula is C5H6O2S. The van der Waals surface area contributed by atoms with Gasteiger partial charge in [-0.15, -0.1) is 0 Å². The highest BCUT2D eigenvalue weighted by Gasteiger charge is 2.50. The van der Waals surface area contributed by atoms with Crippen molar-refractivity contribution in [1.82, 2.24) is 0 Å². The maximum atomic E-state index is 10.2. The second-order valence-corrected chi connectivity index (χ2v) is 3.44. The van der Waals surface area contributed by atoms with Crippen LogP contribution in [0, 0.1) is 11.8 Å². The van der Waals surface area contributed by atoms with Gasteiger partial charge in [-0.3, -0.25) is 0 Å². The average molecular weight is 130 g/mol. The third kappa shape index (κ3) is 0.323. The average Bonchev–Trinajstić information content (AvgIpc) is 1.14. The van der Waals surface area contributed by atoms with Gasteiger partial charge in [0, 0.05) is 0 Å². The second-order valence-electron chi connectivity index (χ2n) is 2.50. The zero-order valence-electron chi connectivity index (χ0n) is 4.29. The van der Waals surface area contributed by atoms with Crippen molar-refractivity contribution in [1.29, 1.82) is 0 Å². The van der Waals surface area contributed by atoms with Gasteiger partial charge in [-0.25, -0.2) is 0 Å². The Bertz CT molecular complexity index is 226. The van der Waals surface area contributed by atoms with E-state index in [1.54, 1.807) is 0 Å². The van der Waals surface area contributed by atoms with E-state index in [0.29, 0.717) is 11.8 Å². The van der Waals surface area contributed by atoms with Crippen LogP contribution in [0.5, 0.6) is 0 Å². The molecule has 44 valence electrons. The molecule has 0 heterocycles. The molecule has 3 aliphatic carbocycles. The normalized spacial score (nSPS) is 40.2. The molecule has 2 nitrogen and oxygen atoms in total. The summed E-state index contributed by atoms with van der Waals surface area (Å²) in [7, 11) is -1.84. The van der Waals surface area contributed by atoms with Gasteiger partial charge in [0.05, 0.1) is 4.86 Å². The summed E-state index contributed by atoms with van der Waals surface area (Å²) in [5.74, 6) is 0.941. The lowest BCUT2D eigenvalue weighted by Crippen LogP contribution is -2.51. The summed E-state index contributed by atoms with van der Waals surface area (Å²) in [4.78, 5) is 0.796. The first-order valence-corrected chi connectivity index (χ1v) is 3.82. The molecule has 3 fully saturated rings. The Morgan fingerprint density at radius 1 is 1.25 bits per heavy atom. The highest BCUT2D eigenvalue weighted by molar-refractivity contribution is 7.73. The van der Waals surface area contributed by atoms with Gasteiger partial charge in [0.1, 0.15) is 0 Å². The highest BCUT2D eigenvalue weighted by Crippen LogP contribution is 2.49. The zero-order valence-corrected chi connectivity index (χ0v) is 5.11. The van der Waals surface area contributed by atoms with Crippen molar-refractivity contribution >= 4 is 15.2 Å². The molecule has 0 unspecified atom stereocenters. The quantitative estimate of drug-likeness (QED) is 0.435. The van der Waals surface area contributed by atoms with Gasteiger partial charge in [0.2, 0.25) is 10.3 Å². The minimum Gasteiger partial charge on any atom is -0.185 e. The Labute approximate surface area is 49.0 Å². The molecule has 0 aromatic heterocycles. The van der Waals surface area contributed by atoms with Crippen molar-refractivity contribution in [3.8, 4) is 0 Å². The van der Waals surface area contributed by atoms with E-state index in [9.17, 15) is 8.42 Å². The fourth-order valence-corrected chi connectivity index (χ4v) is 2.30. The molecule has 3 aliphatic rings. The lowest BCUT2D eigenvalue weighted by atomic mass is 9.56. The summed E-state index contributed by atoms with van der Waals surface area (Å²) in [6.07, 6.45) is 2.28. The van der Waals surface area contributed by atoms with Crippen molar-refractivity contribution in [2.24, 2.45) is 11.8 Å². The Balaban J connectivity index is 2.49. The van der Waals surface area contributed by atoms with E-state index in [4.69, 9.17) is 0 Å². The Morgan fingerprint density at radius 2 is 1.75 bits per heavy atom. The fourth-order valence-electron chi connectivity index (χ4n) is 1.37. The van der Waals surface area contributed by atoms with E-state index in [2.05, 4.69) is 0 Å². The van der Waals surface area contributed by atoms with Gasteiger partial charge < -0.3 is 0 Å². The zero-order chi connectivity index (χ0) is 5.72. The van der Waals surface area contributed by atoms with Gasteiger partial charge in [-0.1, -0.05) is 0 Å². The van der Waals surface area contributed by atoms with Crippen LogP contribution in [0.3, 0.4) is 0 Å². The molecule has 0 atom stereocenters. The fraction of sp³-hybridized carbons (Fsp3) is 0.800. The van der Waals surface area contributed by atoms with Crippen molar-refractivity contribution in [2.75, 3.05) is 0 Å². The molecule has 3 rings (SSSR count). The monoisotopic (exact) mass is 130 g/mol. The third-order valence-corrected chi connectivity index (χ3v) is 3.19. The van der Waals surface area contributed by atoms with Crippen LogP contribution in [-0.2, 0) is 10.3 Å². The van der Waals surface area contributed by atoms with Crippen LogP contribution in [-0.4, -0.2) is 13.3 Å². The topological polar surface area (TPSA) is 34.1 Å². The van der Waals surface area contributed by atoms with Crippen LogP contribution in [0.1, 0.15) is 12.8 Å². The van der Waals surface area contributed by atoms with Crippen LogP contribution in [0.2, 0.25) is 0 Å².